The van der Waals surface area contributed by atoms with Gasteiger partial charge in [0.25, 0.3) is 0 Å². The predicted octanol–water partition coefficient (Wildman–Crippen LogP) is 2.81. The third kappa shape index (κ3) is 1.78. The highest BCUT2D eigenvalue weighted by Gasteiger charge is 2.25. The maximum atomic E-state index is 5.79. The molecule has 0 bridgehead atoms. The average molecular weight is 299 g/mol. The van der Waals surface area contributed by atoms with Crippen molar-refractivity contribution >= 4 is 27.3 Å². The minimum Gasteiger partial charge on any atom is -0.485 e. The van der Waals surface area contributed by atoms with Crippen LogP contribution in [0, 0.1) is 0 Å². The second kappa shape index (κ2) is 4.03. The number of halogens is 1. The van der Waals surface area contributed by atoms with E-state index < -0.39 is 0 Å². The molecule has 0 aliphatic carbocycles. The Morgan fingerprint density at radius 2 is 2.06 bits per heavy atom. The van der Waals surface area contributed by atoms with Gasteiger partial charge >= 0.3 is 0 Å². The largest absolute Gasteiger partial charge is 0.485 e. The van der Waals surface area contributed by atoms with Crippen LogP contribution in [0.2, 0.25) is 0 Å². The summed E-state index contributed by atoms with van der Waals surface area (Å²) in [5.74, 6) is 1.53. The van der Waals surface area contributed by atoms with E-state index in [4.69, 9.17) is 9.47 Å². The Morgan fingerprint density at radius 1 is 1.25 bits per heavy atom. The second-order valence-electron chi connectivity index (χ2n) is 3.26. The van der Waals surface area contributed by atoms with Gasteiger partial charge in [-0.15, -0.1) is 10.2 Å². The van der Waals surface area contributed by atoms with Crippen LogP contribution in [-0.2, 0) is 0 Å². The molecule has 1 atom stereocenters. The summed E-state index contributed by atoms with van der Waals surface area (Å²) >= 11 is 4.74. The Kier molecular flexibility index (Phi) is 2.53. The molecule has 3 rings (SSSR count). The topological polar surface area (TPSA) is 44.2 Å². The van der Waals surface area contributed by atoms with Crippen molar-refractivity contribution < 1.29 is 9.47 Å². The number of ether oxygens (including phenoxy) is 2. The van der Waals surface area contributed by atoms with Gasteiger partial charge in [0.15, 0.2) is 26.5 Å². The molecule has 1 aliphatic heterocycles. The fourth-order valence-electron chi connectivity index (χ4n) is 1.49. The van der Waals surface area contributed by atoms with Crippen molar-refractivity contribution in [1.82, 2.24) is 10.2 Å². The lowest BCUT2D eigenvalue weighted by Crippen LogP contribution is -2.21. The molecular formula is C10H7BrN2O2S. The molecule has 2 heterocycles. The van der Waals surface area contributed by atoms with E-state index in [1.807, 2.05) is 24.3 Å². The summed E-state index contributed by atoms with van der Waals surface area (Å²) in [5, 5.41) is 8.75. The van der Waals surface area contributed by atoms with Crippen LogP contribution < -0.4 is 9.47 Å². The lowest BCUT2D eigenvalue weighted by molar-refractivity contribution is 0.0906. The van der Waals surface area contributed by atoms with E-state index in [-0.39, 0.29) is 6.10 Å². The van der Waals surface area contributed by atoms with Gasteiger partial charge in [0.1, 0.15) is 6.61 Å². The lowest BCUT2D eigenvalue weighted by Gasteiger charge is -2.24. The average Bonchev–Trinajstić information content (AvgIpc) is 2.75. The maximum absolute atomic E-state index is 5.79. The van der Waals surface area contributed by atoms with Gasteiger partial charge in [-0.25, -0.2) is 0 Å². The standard InChI is InChI=1S/C10H7BrN2O2S/c11-10-13-12-9(16-10)8-5-14-6-3-1-2-4-7(6)15-8/h1-4,8H,5H2. The monoisotopic (exact) mass is 298 g/mol. The predicted molar refractivity (Wildman–Crippen MR) is 62.9 cm³/mol. The first-order chi connectivity index (χ1) is 7.83. The number of nitrogens with zero attached hydrogens (tertiary/aromatic N) is 2. The number of para-hydroxylation sites is 2. The Hall–Kier alpha value is -1.14. The van der Waals surface area contributed by atoms with E-state index in [2.05, 4.69) is 26.1 Å². The van der Waals surface area contributed by atoms with Gasteiger partial charge in [-0.2, -0.15) is 0 Å². The van der Waals surface area contributed by atoms with Crippen LogP contribution in [0.5, 0.6) is 11.5 Å². The zero-order valence-corrected chi connectivity index (χ0v) is 10.5. The molecular weight excluding hydrogens is 292 g/mol. The number of fused-ring (bicyclic) bond motifs is 1. The summed E-state index contributed by atoms with van der Waals surface area (Å²) in [5.41, 5.74) is 0. The van der Waals surface area contributed by atoms with E-state index in [1.165, 1.54) is 11.3 Å². The van der Waals surface area contributed by atoms with Crippen LogP contribution in [0.15, 0.2) is 28.2 Å². The zero-order chi connectivity index (χ0) is 11.0. The van der Waals surface area contributed by atoms with Gasteiger partial charge in [-0.3, -0.25) is 0 Å². The van der Waals surface area contributed by atoms with Crippen molar-refractivity contribution in [2.24, 2.45) is 0 Å². The highest BCUT2D eigenvalue weighted by molar-refractivity contribution is 9.11. The summed E-state index contributed by atoms with van der Waals surface area (Å²) in [6, 6.07) is 7.61. The SMILES string of the molecule is Brc1nnc(C2COc3ccccc3O2)s1. The van der Waals surface area contributed by atoms with E-state index in [1.54, 1.807) is 0 Å². The molecule has 6 heteroatoms. The van der Waals surface area contributed by atoms with E-state index >= 15 is 0 Å². The lowest BCUT2D eigenvalue weighted by atomic mass is 10.3. The van der Waals surface area contributed by atoms with Crippen LogP contribution in [0.4, 0.5) is 0 Å². The van der Waals surface area contributed by atoms with Gasteiger partial charge in [-0.05, 0) is 28.1 Å². The number of aromatic nitrogens is 2. The van der Waals surface area contributed by atoms with E-state index in [0.717, 1.165) is 20.4 Å². The minimum absolute atomic E-state index is 0.168. The van der Waals surface area contributed by atoms with Crippen molar-refractivity contribution in [2.45, 2.75) is 6.10 Å². The quantitative estimate of drug-likeness (QED) is 0.812. The third-order valence-electron chi connectivity index (χ3n) is 2.20. The molecule has 2 aromatic rings. The molecule has 0 saturated carbocycles. The zero-order valence-electron chi connectivity index (χ0n) is 8.09. The Labute approximate surface area is 104 Å². The molecule has 0 N–H and O–H groups in total. The fraction of sp³-hybridized carbons (Fsp3) is 0.200. The van der Waals surface area contributed by atoms with Gasteiger partial charge in [-0.1, -0.05) is 23.5 Å². The van der Waals surface area contributed by atoms with Crippen LogP contribution in [0.1, 0.15) is 11.1 Å². The number of hydrogen-bond acceptors (Lipinski definition) is 5. The molecule has 1 unspecified atom stereocenters. The van der Waals surface area contributed by atoms with Crippen molar-refractivity contribution in [1.29, 1.82) is 0 Å². The van der Waals surface area contributed by atoms with Gasteiger partial charge < -0.3 is 9.47 Å². The van der Waals surface area contributed by atoms with Gasteiger partial charge in [0.05, 0.1) is 0 Å². The normalized spacial score (nSPS) is 18.4. The first-order valence-electron chi connectivity index (χ1n) is 4.70. The van der Waals surface area contributed by atoms with Gasteiger partial charge in [0.2, 0.25) is 0 Å². The van der Waals surface area contributed by atoms with Gasteiger partial charge in [0, 0.05) is 0 Å². The molecule has 0 fully saturated rings. The molecule has 16 heavy (non-hydrogen) atoms. The molecule has 1 aromatic carbocycles. The van der Waals surface area contributed by atoms with E-state index in [0.29, 0.717) is 6.61 Å². The van der Waals surface area contributed by atoms with E-state index in [9.17, 15) is 0 Å². The highest BCUT2D eigenvalue weighted by atomic mass is 79.9. The van der Waals surface area contributed by atoms with Crippen molar-refractivity contribution in [2.75, 3.05) is 6.61 Å². The first-order valence-corrected chi connectivity index (χ1v) is 6.31. The first kappa shape index (κ1) is 10.0. The Morgan fingerprint density at radius 3 is 2.81 bits per heavy atom. The second-order valence-corrected chi connectivity index (χ2v) is 5.54. The summed E-state index contributed by atoms with van der Waals surface area (Å²) in [6.07, 6.45) is -0.168. The number of rotatable bonds is 1. The summed E-state index contributed by atoms with van der Waals surface area (Å²) in [4.78, 5) is 0. The fourth-order valence-corrected chi connectivity index (χ4v) is 2.65. The summed E-state index contributed by atoms with van der Waals surface area (Å²) in [6.45, 7) is 0.471. The van der Waals surface area contributed by atoms with Crippen molar-refractivity contribution in [3.8, 4) is 11.5 Å². The maximum Gasteiger partial charge on any atom is 0.186 e. The molecule has 0 saturated heterocycles. The van der Waals surface area contributed by atoms with Crippen LogP contribution in [-0.4, -0.2) is 16.8 Å². The number of hydrogen-bond donors (Lipinski definition) is 0. The molecule has 0 amide bonds. The third-order valence-corrected chi connectivity index (χ3v) is 3.65. The minimum atomic E-state index is -0.168. The summed E-state index contributed by atoms with van der Waals surface area (Å²) < 4.78 is 12.1. The van der Waals surface area contributed by atoms with Crippen LogP contribution in [0.25, 0.3) is 0 Å². The molecule has 0 spiro atoms. The van der Waals surface area contributed by atoms with Crippen molar-refractivity contribution in [3.63, 3.8) is 0 Å². The highest BCUT2D eigenvalue weighted by Crippen LogP contribution is 2.36. The smallest absolute Gasteiger partial charge is 0.186 e. The summed E-state index contributed by atoms with van der Waals surface area (Å²) in [7, 11) is 0. The van der Waals surface area contributed by atoms with Crippen LogP contribution >= 0.6 is 27.3 Å². The molecule has 82 valence electrons. The van der Waals surface area contributed by atoms with Crippen molar-refractivity contribution in [3.05, 3.63) is 33.2 Å². The molecule has 1 aromatic heterocycles. The van der Waals surface area contributed by atoms with Crippen LogP contribution in [0.3, 0.4) is 0 Å². The Balaban J connectivity index is 1.88. The molecule has 0 radical (unpaired) electrons. The molecule has 4 nitrogen and oxygen atoms in total. The molecule has 1 aliphatic rings. The number of benzene rings is 1. The Bertz CT molecular complexity index is 517.